The quantitative estimate of drug-likeness (QED) is 0.572. The number of halogens is 3. The van der Waals surface area contributed by atoms with Gasteiger partial charge >= 0.3 is 11.8 Å². The van der Waals surface area contributed by atoms with Crippen molar-refractivity contribution in [3.8, 4) is 5.75 Å². The number of alkyl halides is 3. The van der Waals surface area contributed by atoms with E-state index < -0.39 is 29.1 Å². The Hall–Kier alpha value is -2.80. The second-order valence-corrected chi connectivity index (χ2v) is 6.94. The number of methoxy groups -OCH3 is 1. The lowest BCUT2D eigenvalue weighted by Gasteiger charge is -2.38. The lowest BCUT2D eigenvalue weighted by molar-refractivity contribution is -0.163. The number of benzene rings is 2. The normalized spacial score (nSPS) is 22.0. The van der Waals surface area contributed by atoms with Crippen LogP contribution in [0.4, 0.5) is 13.2 Å². The Bertz CT molecular complexity index is 1090. The SMILES string of the molecule is COC1(C)CC(c2ccc(C(F)(F)F)cc2)c2c(c3ccccc3oc2=O)O1. The molecule has 0 aliphatic carbocycles. The Morgan fingerprint density at radius 1 is 1.11 bits per heavy atom. The summed E-state index contributed by atoms with van der Waals surface area (Å²) in [6.45, 7) is 1.73. The van der Waals surface area contributed by atoms with Crippen LogP contribution in [0.15, 0.2) is 57.7 Å². The van der Waals surface area contributed by atoms with Crippen LogP contribution in [0.25, 0.3) is 11.0 Å². The van der Waals surface area contributed by atoms with E-state index in [0.29, 0.717) is 22.3 Å². The van der Waals surface area contributed by atoms with Gasteiger partial charge in [-0.05, 0) is 29.8 Å². The molecule has 146 valence electrons. The summed E-state index contributed by atoms with van der Waals surface area (Å²) in [7, 11) is 1.49. The van der Waals surface area contributed by atoms with Gasteiger partial charge in [-0.2, -0.15) is 13.2 Å². The summed E-state index contributed by atoms with van der Waals surface area (Å²) >= 11 is 0. The fourth-order valence-corrected chi connectivity index (χ4v) is 3.59. The molecule has 0 amide bonds. The van der Waals surface area contributed by atoms with Gasteiger partial charge in [0, 0.05) is 26.4 Å². The maximum absolute atomic E-state index is 12.9. The summed E-state index contributed by atoms with van der Waals surface area (Å²) < 4.78 is 55.7. The van der Waals surface area contributed by atoms with Gasteiger partial charge in [0.15, 0.2) is 0 Å². The molecule has 0 saturated carbocycles. The molecular formula is C21H17F3O4. The Labute approximate surface area is 158 Å². The summed E-state index contributed by atoms with van der Waals surface area (Å²) in [5, 5.41) is 0.608. The third kappa shape index (κ3) is 3.05. The standard InChI is InChI=1S/C21H17F3O4/c1-20(26-2)11-15(12-7-9-13(10-8-12)21(22,23)24)17-18(28-20)14-5-3-4-6-16(14)27-19(17)25/h3-10,15H,11H2,1-2H3. The average Bonchev–Trinajstić information content (AvgIpc) is 2.67. The van der Waals surface area contributed by atoms with Crippen molar-refractivity contribution < 1.29 is 27.1 Å². The molecule has 1 aromatic heterocycles. The Kier molecular flexibility index (Phi) is 4.23. The van der Waals surface area contributed by atoms with E-state index in [4.69, 9.17) is 13.9 Å². The van der Waals surface area contributed by atoms with Crippen molar-refractivity contribution in [3.05, 3.63) is 75.6 Å². The van der Waals surface area contributed by atoms with Gasteiger partial charge in [0.1, 0.15) is 11.3 Å². The number of fused-ring (bicyclic) bond motifs is 3. The molecule has 3 aromatic rings. The highest BCUT2D eigenvalue weighted by Crippen LogP contribution is 2.46. The van der Waals surface area contributed by atoms with E-state index >= 15 is 0 Å². The molecule has 2 atom stereocenters. The highest BCUT2D eigenvalue weighted by Gasteiger charge is 2.41. The molecule has 28 heavy (non-hydrogen) atoms. The highest BCUT2D eigenvalue weighted by molar-refractivity contribution is 5.85. The first-order chi connectivity index (χ1) is 13.2. The van der Waals surface area contributed by atoms with Crippen LogP contribution in [0.1, 0.15) is 36.0 Å². The summed E-state index contributed by atoms with van der Waals surface area (Å²) in [4.78, 5) is 12.7. The minimum absolute atomic E-state index is 0.255. The zero-order valence-corrected chi connectivity index (χ0v) is 15.2. The van der Waals surface area contributed by atoms with Crippen LogP contribution in [-0.2, 0) is 10.9 Å². The summed E-state index contributed by atoms with van der Waals surface area (Å²) in [6.07, 6.45) is -4.17. The van der Waals surface area contributed by atoms with Crippen LogP contribution >= 0.6 is 0 Å². The molecule has 4 rings (SSSR count). The minimum atomic E-state index is -4.43. The molecule has 1 aliphatic heterocycles. The molecular weight excluding hydrogens is 373 g/mol. The molecule has 2 aromatic carbocycles. The van der Waals surface area contributed by atoms with Crippen LogP contribution in [-0.4, -0.2) is 12.9 Å². The first-order valence-electron chi connectivity index (χ1n) is 8.69. The average molecular weight is 390 g/mol. The van der Waals surface area contributed by atoms with Crippen molar-refractivity contribution in [2.75, 3.05) is 7.11 Å². The summed E-state index contributed by atoms with van der Waals surface area (Å²) in [6, 6.07) is 11.7. The van der Waals surface area contributed by atoms with Crippen LogP contribution in [0.2, 0.25) is 0 Å². The number of ether oxygens (including phenoxy) is 2. The van der Waals surface area contributed by atoms with Gasteiger partial charge < -0.3 is 13.9 Å². The van der Waals surface area contributed by atoms with E-state index in [2.05, 4.69) is 0 Å². The monoisotopic (exact) mass is 390 g/mol. The third-order valence-electron chi connectivity index (χ3n) is 5.11. The number of hydrogen-bond acceptors (Lipinski definition) is 4. The predicted octanol–water partition coefficient (Wildman–Crippen LogP) is 5.09. The molecule has 1 aliphatic rings. The van der Waals surface area contributed by atoms with Crippen molar-refractivity contribution >= 4 is 11.0 Å². The van der Waals surface area contributed by atoms with E-state index in [0.717, 1.165) is 12.1 Å². The van der Waals surface area contributed by atoms with Gasteiger partial charge in [-0.3, -0.25) is 0 Å². The first kappa shape index (κ1) is 18.6. The summed E-state index contributed by atoms with van der Waals surface area (Å²) in [5.74, 6) is -1.24. The van der Waals surface area contributed by atoms with Crippen molar-refractivity contribution in [1.82, 2.24) is 0 Å². The smallest absolute Gasteiger partial charge is 0.416 e. The molecule has 2 unspecified atom stereocenters. The van der Waals surface area contributed by atoms with Crippen molar-refractivity contribution in [1.29, 1.82) is 0 Å². The molecule has 7 heteroatoms. The van der Waals surface area contributed by atoms with E-state index in [9.17, 15) is 18.0 Å². The van der Waals surface area contributed by atoms with Crippen LogP contribution in [0.3, 0.4) is 0 Å². The van der Waals surface area contributed by atoms with Gasteiger partial charge in [0.2, 0.25) is 5.79 Å². The first-order valence-corrected chi connectivity index (χ1v) is 8.69. The number of hydrogen-bond donors (Lipinski definition) is 0. The fourth-order valence-electron chi connectivity index (χ4n) is 3.59. The minimum Gasteiger partial charge on any atom is -0.461 e. The largest absolute Gasteiger partial charge is 0.461 e. The van der Waals surface area contributed by atoms with Gasteiger partial charge in [-0.25, -0.2) is 4.79 Å². The molecule has 0 N–H and O–H groups in total. The molecule has 0 bridgehead atoms. The van der Waals surface area contributed by atoms with Gasteiger partial charge in [0.05, 0.1) is 16.5 Å². The molecule has 2 heterocycles. The summed E-state index contributed by atoms with van der Waals surface area (Å²) in [5.41, 5.74) is -0.102. The van der Waals surface area contributed by atoms with E-state index in [1.54, 1.807) is 31.2 Å². The van der Waals surface area contributed by atoms with Gasteiger partial charge in [-0.1, -0.05) is 24.3 Å². The molecule has 0 fully saturated rings. The second-order valence-electron chi connectivity index (χ2n) is 6.94. The zero-order chi connectivity index (χ0) is 20.1. The topological polar surface area (TPSA) is 48.7 Å². The molecule has 4 nitrogen and oxygen atoms in total. The van der Waals surface area contributed by atoms with Crippen molar-refractivity contribution in [3.63, 3.8) is 0 Å². The number of rotatable bonds is 2. The van der Waals surface area contributed by atoms with Gasteiger partial charge in [0.25, 0.3) is 0 Å². The Morgan fingerprint density at radius 3 is 2.43 bits per heavy atom. The highest BCUT2D eigenvalue weighted by atomic mass is 19.4. The predicted molar refractivity (Wildman–Crippen MR) is 96.4 cm³/mol. The molecule has 0 radical (unpaired) electrons. The fraction of sp³-hybridized carbons (Fsp3) is 0.286. The van der Waals surface area contributed by atoms with E-state index in [1.807, 2.05) is 0 Å². The number of para-hydroxylation sites is 1. The third-order valence-corrected chi connectivity index (χ3v) is 5.11. The maximum Gasteiger partial charge on any atom is 0.416 e. The zero-order valence-electron chi connectivity index (χ0n) is 15.2. The lowest BCUT2D eigenvalue weighted by Crippen LogP contribution is -2.41. The van der Waals surface area contributed by atoms with E-state index in [1.165, 1.54) is 19.2 Å². The van der Waals surface area contributed by atoms with Crippen LogP contribution in [0, 0.1) is 0 Å². The van der Waals surface area contributed by atoms with E-state index in [-0.39, 0.29) is 12.0 Å². The molecule has 0 spiro atoms. The Morgan fingerprint density at radius 2 is 1.79 bits per heavy atom. The van der Waals surface area contributed by atoms with Crippen molar-refractivity contribution in [2.24, 2.45) is 0 Å². The Balaban J connectivity index is 1.92. The molecule has 0 saturated heterocycles. The lowest BCUT2D eigenvalue weighted by atomic mass is 9.83. The second kappa shape index (κ2) is 6.38. The van der Waals surface area contributed by atoms with Gasteiger partial charge in [-0.15, -0.1) is 0 Å². The van der Waals surface area contributed by atoms with Crippen molar-refractivity contribution in [2.45, 2.75) is 31.2 Å². The maximum atomic E-state index is 12.9. The van der Waals surface area contributed by atoms with Crippen LogP contribution < -0.4 is 10.4 Å². The van der Waals surface area contributed by atoms with Crippen LogP contribution in [0.5, 0.6) is 5.75 Å².